The van der Waals surface area contributed by atoms with Gasteiger partial charge in [-0.3, -0.25) is 4.79 Å². The number of hydrogen-bond acceptors (Lipinski definition) is 1. The van der Waals surface area contributed by atoms with Crippen LogP contribution in [0.25, 0.3) is 6.08 Å². The summed E-state index contributed by atoms with van der Waals surface area (Å²) < 4.78 is 0. The summed E-state index contributed by atoms with van der Waals surface area (Å²) in [6.45, 7) is 2.19. The molecule has 108 valence electrons. The van der Waals surface area contributed by atoms with Gasteiger partial charge in [0.2, 0.25) is 0 Å². The summed E-state index contributed by atoms with van der Waals surface area (Å²) in [6.07, 6.45) is 17.0. The van der Waals surface area contributed by atoms with Crippen molar-refractivity contribution in [1.82, 2.24) is 0 Å². The maximum Gasteiger partial charge on any atom is 0.307 e. The Bertz CT molecular complexity index is 572. The SMILES string of the molecule is CC(C=Cc1ccc(CC(=O)O)cc1)C1C=CC=CC=C1. The summed E-state index contributed by atoms with van der Waals surface area (Å²) in [4.78, 5) is 10.6. The maximum absolute atomic E-state index is 10.6. The van der Waals surface area contributed by atoms with Crippen LogP contribution in [0, 0.1) is 11.8 Å². The highest BCUT2D eigenvalue weighted by atomic mass is 16.4. The van der Waals surface area contributed by atoms with Gasteiger partial charge in [-0.1, -0.05) is 79.8 Å². The number of rotatable bonds is 5. The number of carbonyl (C=O) groups is 1. The zero-order chi connectivity index (χ0) is 15.1. The minimum Gasteiger partial charge on any atom is -0.481 e. The number of carboxylic acids is 1. The molecule has 0 saturated carbocycles. The van der Waals surface area contributed by atoms with Gasteiger partial charge in [-0.2, -0.15) is 0 Å². The van der Waals surface area contributed by atoms with E-state index < -0.39 is 5.97 Å². The molecule has 0 aliphatic heterocycles. The highest BCUT2D eigenvalue weighted by Gasteiger charge is 2.08. The van der Waals surface area contributed by atoms with Crippen LogP contribution in [-0.4, -0.2) is 11.1 Å². The fourth-order valence-electron chi connectivity index (χ4n) is 2.24. The van der Waals surface area contributed by atoms with E-state index in [0.29, 0.717) is 11.8 Å². The Kier molecular flexibility index (Phi) is 5.33. The van der Waals surface area contributed by atoms with Gasteiger partial charge in [0.25, 0.3) is 0 Å². The molecule has 1 N–H and O–H groups in total. The molecule has 0 fully saturated rings. The molecule has 1 aliphatic carbocycles. The Balaban J connectivity index is 1.98. The number of carboxylic acid groups (broad SMARTS) is 1. The Morgan fingerprint density at radius 2 is 1.76 bits per heavy atom. The molecular weight excluding hydrogens is 260 g/mol. The van der Waals surface area contributed by atoms with E-state index >= 15 is 0 Å². The van der Waals surface area contributed by atoms with E-state index in [-0.39, 0.29) is 6.42 Å². The molecule has 1 aromatic carbocycles. The van der Waals surface area contributed by atoms with E-state index in [1.807, 2.05) is 36.4 Å². The van der Waals surface area contributed by atoms with Crippen molar-refractivity contribution in [2.45, 2.75) is 13.3 Å². The summed E-state index contributed by atoms with van der Waals surface area (Å²) in [5.74, 6) is 0.0195. The predicted molar refractivity (Wildman–Crippen MR) is 86.9 cm³/mol. The van der Waals surface area contributed by atoms with Crippen molar-refractivity contribution in [1.29, 1.82) is 0 Å². The topological polar surface area (TPSA) is 37.3 Å². The van der Waals surface area contributed by atoms with Gasteiger partial charge in [0.05, 0.1) is 6.42 Å². The maximum atomic E-state index is 10.6. The highest BCUT2D eigenvalue weighted by molar-refractivity contribution is 5.70. The third-order valence-corrected chi connectivity index (χ3v) is 3.53. The fourth-order valence-corrected chi connectivity index (χ4v) is 2.24. The molecule has 1 aromatic rings. The molecule has 1 unspecified atom stereocenters. The van der Waals surface area contributed by atoms with E-state index in [2.05, 4.69) is 43.4 Å². The van der Waals surface area contributed by atoms with Crippen LogP contribution in [0.5, 0.6) is 0 Å². The Morgan fingerprint density at radius 3 is 2.33 bits per heavy atom. The molecule has 2 heteroatoms. The quantitative estimate of drug-likeness (QED) is 0.875. The normalized spacial score (nSPS) is 16.2. The second-order valence-corrected chi connectivity index (χ2v) is 5.26. The minimum atomic E-state index is -0.799. The number of aliphatic carboxylic acids is 1. The molecule has 1 atom stereocenters. The van der Waals surface area contributed by atoms with Crippen molar-refractivity contribution in [3.63, 3.8) is 0 Å². The van der Waals surface area contributed by atoms with Crippen LogP contribution in [0.15, 0.2) is 66.8 Å². The molecule has 2 nitrogen and oxygen atoms in total. The smallest absolute Gasteiger partial charge is 0.307 e. The molecule has 2 rings (SSSR count). The standard InChI is InChI=1S/C19H20O2/c1-15(18-6-4-2-3-5-7-18)8-9-16-10-12-17(13-11-16)14-19(20)21/h2-13,15,18H,14H2,1H3,(H,20,21). The Labute approximate surface area is 125 Å². The third kappa shape index (κ3) is 4.92. The minimum absolute atomic E-state index is 0.0745. The Hall–Kier alpha value is -2.35. The number of benzene rings is 1. The molecular formula is C19H20O2. The lowest BCUT2D eigenvalue weighted by molar-refractivity contribution is -0.136. The van der Waals surface area contributed by atoms with E-state index in [9.17, 15) is 4.79 Å². The number of hydrogen-bond donors (Lipinski definition) is 1. The van der Waals surface area contributed by atoms with Gasteiger partial charge in [0.15, 0.2) is 0 Å². The molecule has 0 saturated heterocycles. The van der Waals surface area contributed by atoms with Gasteiger partial charge in [-0.25, -0.2) is 0 Å². The first-order chi connectivity index (χ1) is 10.1. The molecule has 1 aliphatic rings. The van der Waals surface area contributed by atoms with E-state index in [1.165, 1.54) is 0 Å². The lowest BCUT2D eigenvalue weighted by Gasteiger charge is -2.12. The molecule has 0 aromatic heterocycles. The van der Waals surface area contributed by atoms with Gasteiger partial charge < -0.3 is 5.11 Å². The van der Waals surface area contributed by atoms with E-state index in [1.54, 1.807) is 0 Å². The average Bonchev–Trinajstić information content (AvgIpc) is 2.75. The summed E-state index contributed by atoms with van der Waals surface area (Å²) in [5, 5.41) is 8.75. The first-order valence-electron chi connectivity index (χ1n) is 7.16. The molecule has 0 heterocycles. The highest BCUT2D eigenvalue weighted by Crippen LogP contribution is 2.19. The second-order valence-electron chi connectivity index (χ2n) is 5.26. The molecule has 0 spiro atoms. The first kappa shape index (κ1) is 15.0. The van der Waals surface area contributed by atoms with Gasteiger partial charge in [0, 0.05) is 5.92 Å². The summed E-state index contributed by atoms with van der Waals surface area (Å²) in [5.41, 5.74) is 1.92. The molecule has 0 bridgehead atoms. The predicted octanol–water partition coefficient (Wildman–Crippen LogP) is 4.26. The van der Waals surface area contributed by atoms with Gasteiger partial charge in [-0.15, -0.1) is 0 Å². The van der Waals surface area contributed by atoms with Gasteiger partial charge in [-0.05, 0) is 17.0 Å². The second kappa shape index (κ2) is 7.44. The lowest BCUT2D eigenvalue weighted by atomic mass is 9.92. The van der Waals surface area contributed by atoms with Crippen LogP contribution >= 0.6 is 0 Å². The first-order valence-corrected chi connectivity index (χ1v) is 7.16. The molecule has 21 heavy (non-hydrogen) atoms. The van der Waals surface area contributed by atoms with Crippen molar-refractivity contribution in [2.75, 3.05) is 0 Å². The fraction of sp³-hybridized carbons (Fsp3) is 0.211. The largest absolute Gasteiger partial charge is 0.481 e. The van der Waals surface area contributed by atoms with Gasteiger partial charge >= 0.3 is 5.97 Å². The summed E-state index contributed by atoms with van der Waals surface area (Å²) in [7, 11) is 0. The molecule has 0 amide bonds. The van der Waals surface area contributed by atoms with Crippen LogP contribution in [0.4, 0.5) is 0 Å². The van der Waals surface area contributed by atoms with Crippen LogP contribution < -0.4 is 0 Å². The van der Waals surface area contributed by atoms with Gasteiger partial charge in [0.1, 0.15) is 0 Å². The summed E-state index contributed by atoms with van der Waals surface area (Å²) >= 11 is 0. The van der Waals surface area contributed by atoms with Crippen LogP contribution in [0.1, 0.15) is 18.1 Å². The van der Waals surface area contributed by atoms with Crippen molar-refractivity contribution in [2.24, 2.45) is 11.8 Å². The van der Waals surface area contributed by atoms with Crippen molar-refractivity contribution >= 4 is 12.0 Å². The van der Waals surface area contributed by atoms with E-state index in [4.69, 9.17) is 5.11 Å². The van der Waals surface area contributed by atoms with E-state index in [0.717, 1.165) is 11.1 Å². The monoisotopic (exact) mass is 280 g/mol. The zero-order valence-electron chi connectivity index (χ0n) is 12.1. The lowest BCUT2D eigenvalue weighted by Crippen LogP contribution is -2.02. The van der Waals surface area contributed by atoms with Crippen molar-refractivity contribution < 1.29 is 9.90 Å². The summed E-state index contributed by atoms with van der Waals surface area (Å²) in [6, 6.07) is 7.66. The third-order valence-electron chi connectivity index (χ3n) is 3.53. The van der Waals surface area contributed by atoms with Crippen LogP contribution in [0.2, 0.25) is 0 Å². The van der Waals surface area contributed by atoms with Crippen molar-refractivity contribution in [3.05, 3.63) is 77.9 Å². The van der Waals surface area contributed by atoms with Crippen LogP contribution in [0.3, 0.4) is 0 Å². The Morgan fingerprint density at radius 1 is 1.14 bits per heavy atom. The average molecular weight is 280 g/mol. The number of allylic oxidation sites excluding steroid dienone is 7. The molecule has 0 radical (unpaired) electrons. The van der Waals surface area contributed by atoms with Crippen molar-refractivity contribution in [3.8, 4) is 0 Å². The zero-order valence-corrected chi connectivity index (χ0v) is 12.1. The van der Waals surface area contributed by atoms with Crippen LogP contribution in [-0.2, 0) is 11.2 Å².